The summed E-state index contributed by atoms with van der Waals surface area (Å²) in [4.78, 5) is 13.3. The van der Waals surface area contributed by atoms with Gasteiger partial charge in [-0.25, -0.2) is 4.98 Å². The zero-order valence-electron chi connectivity index (χ0n) is 25.9. The van der Waals surface area contributed by atoms with Crippen LogP contribution in [0, 0.1) is 25.2 Å². The number of pyridine rings is 2. The first-order valence-electron chi connectivity index (χ1n) is 14.9. The molecule has 4 heterocycles. The molecule has 1 fully saturated rings. The lowest BCUT2D eigenvalue weighted by Gasteiger charge is -2.47. The van der Waals surface area contributed by atoms with Gasteiger partial charge < -0.3 is 14.4 Å². The van der Waals surface area contributed by atoms with Gasteiger partial charge in [-0.1, -0.05) is 17.7 Å². The summed E-state index contributed by atoms with van der Waals surface area (Å²) in [6, 6.07) is 20.7. The maximum Gasteiger partial charge on any atom is 0.281 e. The molecule has 2 aliphatic heterocycles. The molecule has 2 aliphatic rings. The van der Waals surface area contributed by atoms with Crippen molar-refractivity contribution in [2.24, 2.45) is 0 Å². The predicted molar refractivity (Wildman–Crippen MR) is 172 cm³/mol. The second-order valence-corrected chi connectivity index (χ2v) is 13.1. The highest BCUT2D eigenvalue weighted by Crippen LogP contribution is 2.52. The highest BCUT2D eigenvalue weighted by atomic mass is 32.2. The van der Waals surface area contributed by atoms with Crippen LogP contribution in [0.25, 0.3) is 0 Å². The molecule has 0 N–H and O–H groups in total. The number of nitriles is 1. The Morgan fingerprint density at radius 3 is 2.42 bits per heavy atom. The number of anilines is 2. The van der Waals surface area contributed by atoms with Gasteiger partial charge in [-0.15, -0.1) is 0 Å². The number of methoxy groups -OCH3 is 1. The van der Waals surface area contributed by atoms with Crippen LogP contribution in [-0.2, 0) is 15.6 Å². The molecule has 11 heteroatoms. The van der Waals surface area contributed by atoms with E-state index in [9.17, 15) is 13.7 Å². The molecule has 0 saturated carbocycles. The molecule has 232 valence electrons. The minimum absolute atomic E-state index is 0.0819. The van der Waals surface area contributed by atoms with E-state index in [0.717, 1.165) is 41.2 Å². The lowest BCUT2D eigenvalue weighted by molar-refractivity contribution is 0.124. The molecule has 0 amide bonds. The SMILES string of the molecule is CCOc1ccc(C)cc1C1(N2CCN(c3ccnc(C)c3)CC2)CN(S(=O)(=O)c2ccc(OC)cn2)c2ccc(C#N)cc21. The van der Waals surface area contributed by atoms with E-state index in [1.54, 1.807) is 18.2 Å². The zero-order valence-corrected chi connectivity index (χ0v) is 26.7. The normalized spacial score (nSPS) is 18.4. The zero-order chi connectivity index (χ0) is 31.8. The van der Waals surface area contributed by atoms with Crippen molar-refractivity contribution in [3.8, 4) is 17.6 Å². The van der Waals surface area contributed by atoms with Gasteiger partial charge in [-0.3, -0.25) is 14.2 Å². The topological polar surface area (TPSA) is 112 Å². The van der Waals surface area contributed by atoms with Crippen molar-refractivity contribution in [3.05, 3.63) is 101 Å². The number of benzene rings is 2. The third-order valence-corrected chi connectivity index (χ3v) is 10.3. The number of fused-ring (bicyclic) bond motifs is 1. The summed E-state index contributed by atoms with van der Waals surface area (Å²) in [5.41, 5.74) is 4.73. The van der Waals surface area contributed by atoms with E-state index in [0.29, 0.717) is 42.4 Å². The summed E-state index contributed by atoms with van der Waals surface area (Å²) in [5.74, 6) is 1.15. The average molecular weight is 625 g/mol. The lowest BCUT2D eigenvalue weighted by Crippen LogP contribution is -2.58. The van der Waals surface area contributed by atoms with Crippen LogP contribution < -0.4 is 18.7 Å². The van der Waals surface area contributed by atoms with Crippen molar-refractivity contribution in [1.29, 1.82) is 5.26 Å². The summed E-state index contributed by atoms with van der Waals surface area (Å²) in [6.07, 6.45) is 3.23. The van der Waals surface area contributed by atoms with Crippen molar-refractivity contribution in [2.45, 2.75) is 31.3 Å². The Labute approximate surface area is 264 Å². The highest BCUT2D eigenvalue weighted by Gasteiger charge is 2.53. The molecule has 6 rings (SSSR count). The fourth-order valence-electron chi connectivity index (χ4n) is 6.49. The Morgan fingerprint density at radius 2 is 1.76 bits per heavy atom. The first-order valence-corrected chi connectivity index (χ1v) is 16.4. The maximum atomic E-state index is 14.4. The van der Waals surface area contributed by atoms with Crippen LogP contribution in [0.5, 0.6) is 11.5 Å². The minimum Gasteiger partial charge on any atom is -0.495 e. The third kappa shape index (κ3) is 5.34. The summed E-state index contributed by atoms with van der Waals surface area (Å²) < 4.78 is 41.7. The monoisotopic (exact) mass is 624 g/mol. The number of hydrogen-bond acceptors (Lipinski definition) is 9. The van der Waals surface area contributed by atoms with Gasteiger partial charge in [0.05, 0.1) is 49.3 Å². The number of aromatic nitrogens is 2. The lowest BCUT2D eigenvalue weighted by atomic mass is 9.80. The van der Waals surface area contributed by atoms with Crippen LogP contribution in [0.4, 0.5) is 11.4 Å². The van der Waals surface area contributed by atoms with E-state index in [2.05, 4.69) is 38.0 Å². The molecular weight excluding hydrogens is 588 g/mol. The number of piperazine rings is 1. The molecular formula is C34H36N6O4S. The van der Waals surface area contributed by atoms with E-state index in [-0.39, 0.29) is 11.6 Å². The van der Waals surface area contributed by atoms with Crippen LogP contribution in [0.2, 0.25) is 0 Å². The summed E-state index contributed by atoms with van der Waals surface area (Å²) in [5, 5.41) is 9.90. The summed E-state index contributed by atoms with van der Waals surface area (Å²) in [6.45, 7) is 9.22. The van der Waals surface area contributed by atoms with Gasteiger partial charge in [-0.2, -0.15) is 13.7 Å². The fraction of sp³-hybridized carbons (Fsp3) is 0.324. The van der Waals surface area contributed by atoms with Crippen LogP contribution >= 0.6 is 0 Å². The Bertz CT molecular complexity index is 1870. The number of nitrogens with zero attached hydrogens (tertiary/aromatic N) is 6. The predicted octanol–water partition coefficient (Wildman–Crippen LogP) is 4.65. The molecule has 2 aromatic heterocycles. The molecule has 0 radical (unpaired) electrons. The molecule has 2 aromatic carbocycles. The van der Waals surface area contributed by atoms with Crippen molar-refractivity contribution in [1.82, 2.24) is 14.9 Å². The van der Waals surface area contributed by atoms with Crippen LogP contribution in [0.15, 0.2) is 78.1 Å². The van der Waals surface area contributed by atoms with Crippen molar-refractivity contribution in [3.63, 3.8) is 0 Å². The summed E-state index contributed by atoms with van der Waals surface area (Å²) >= 11 is 0. The molecule has 0 spiro atoms. The van der Waals surface area contributed by atoms with Gasteiger partial charge in [0.25, 0.3) is 10.0 Å². The maximum absolute atomic E-state index is 14.4. The number of hydrogen-bond donors (Lipinski definition) is 0. The molecule has 4 aromatic rings. The van der Waals surface area contributed by atoms with E-state index in [1.807, 2.05) is 51.2 Å². The quantitative estimate of drug-likeness (QED) is 0.277. The van der Waals surface area contributed by atoms with Gasteiger partial charge >= 0.3 is 0 Å². The molecule has 1 unspecified atom stereocenters. The number of sulfonamides is 1. The molecule has 10 nitrogen and oxygen atoms in total. The van der Waals surface area contributed by atoms with Crippen LogP contribution in [0.1, 0.15) is 34.9 Å². The van der Waals surface area contributed by atoms with Crippen molar-refractivity contribution < 1.29 is 17.9 Å². The molecule has 1 atom stereocenters. The Hall–Kier alpha value is -4.66. The van der Waals surface area contributed by atoms with Gasteiger partial charge in [0.15, 0.2) is 5.03 Å². The minimum atomic E-state index is -4.11. The Balaban J connectivity index is 1.53. The van der Waals surface area contributed by atoms with E-state index in [4.69, 9.17) is 9.47 Å². The van der Waals surface area contributed by atoms with E-state index < -0.39 is 15.6 Å². The molecule has 0 aliphatic carbocycles. The molecule has 45 heavy (non-hydrogen) atoms. The van der Waals surface area contributed by atoms with Gasteiger partial charge in [-0.05, 0) is 69.3 Å². The summed E-state index contributed by atoms with van der Waals surface area (Å²) in [7, 11) is -2.60. The second-order valence-electron chi connectivity index (χ2n) is 11.3. The number of ether oxygens (including phenoxy) is 2. The molecule has 1 saturated heterocycles. The van der Waals surface area contributed by atoms with E-state index >= 15 is 0 Å². The standard InChI is InChI=1S/C34H36N6O4S/c1-5-44-32-10-6-24(2)18-30(32)34(39-16-14-38(15-17-39)27-12-13-36-25(3)19-27)23-40(31-9-7-26(21-35)20-29(31)34)45(41,42)33-11-8-28(43-4)22-37-33/h6-13,18-20,22H,5,14-17,23H2,1-4H3. The smallest absolute Gasteiger partial charge is 0.281 e. The van der Waals surface area contributed by atoms with Crippen molar-refractivity contribution in [2.75, 3.05) is 55.6 Å². The van der Waals surface area contributed by atoms with Crippen LogP contribution in [-0.4, -0.2) is 69.7 Å². The Morgan fingerprint density at radius 1 is 0.956 bits per heavy atom. The van der Waals surface area contributed by atoms with Crippen molar-refractivity contribution >= 4 is 21.4 Å². The highest BCUT2D eigenvalue weighted by molar-refractivity contribution is 7.92. The first kappa shape index (κ1) is 30.4. The Kier molecular flexibility index (Phi) is 8.12. The van der Waals surface area contributed by atoms with Gasteiger partial charge in [0.1, 0.15) is 11.5 Å². The molecule has 0 bridgehead atoms. The average Bonchev–Trinajstić information content (AvgIpc) is 3.42. The largest absolute Gasteiger partial charge is 0.495 e. The van der Waals surface area contributed by atoms with Gasteiger partial charge in [0.2, 0.25) is 0 Å². The second kappa shape index (κ2) is 12.0. The van der Waals surface area contributed by atoms with Crippen LogP contribution in [0.3, 0.4) is 0 Å². The van der Waals surface area contributed by atoms with E-state index in [1.165, 1.54) is 23.7 Å². The number of rotatable bonds is 8. The first-order chi connectivity index (χ1) is 21.7. The fourth-order valence-corrected chi connectivity index (χ4v) is 7.92. The van der Waals surface area contributed by atoms with Gasteiger partial charge in [0, 0.05) is 54.9 Å². The third-order valence-electron chi connectivity index (χ3n) is 8.66. The number of aryl methyl sites for hydroxylation is 2.